The average Bonchev–Trinajstić information content (AvgIpc) is 2.79. The third kappa shape index (κ3) is 12.3. The van der Waals surface area contributed by atoms with Crippen LogP contribution in [0.25, 0.3) is 0 Å². The number of carbonyl (C=O) groups is 1. The standard InChI is InChI=1S/C24H43BNO6S/c1-6-8-9-10-11-12-13-14-16-28-23-21(26-18(3)4)24(29-15-7-2)32-20(17-30-33-25)22(23)31-19(5)27/h7,15,20-25H,6,8-14,16-17H2,1-5H3/b15-7-/t20-,21-,22-,23-,24+/m1/s1/i25T. The summed E-state index contributed by atoms with van der Waals surface area (Å²) in [7, 11) is 1.08. The Balaban J connectivity index is 2.91. The molecule has 0 aliphatic carbocycles. The maximum absolute atomic E-state index is 11.9. The van der Waals surface area contributed by atoms with Gasteiger partial charge in [-0.25, -0.2) is 0 Å². The molecule has 1 radical (unpaired) electrons. The van der Waals surface area contributed by atoms with Crippen LogP contribution in [0.2, 0.25) is 0 Å². The molecule has 5 atom stereocenters. The lowest BCUT2D eigenvalue weighted by atomic mass is 9.96. The molecule has 0 aromatic rings. The SMILES string of the molecule is [3H][B]SOC[C@H]1O[C@H](O/C=C\C)[C@H](N=C(C)C)[C@@H](OCCCCCCCCCC)[C@@H]1OC(C)=O. The molecule has 1 rings (SSSR count). The van der Waals surface area contributed by atoms with Crippen molar-refractivity contribution in [3.63, 3.8) is 0 Å². The van der Waals surface area contributed by atoms with Gasteiger partial charge in [0.2, 0.25) is 13.4 Å². The van der Waals surface area contributed by atoms with Gasteiger partial charge in [0.05, 0.1) is 12.9 Å². The fourth-order valence-electron chi connectivity index (χ4n) is 3.82. The molecule has 0 aromatic heterocycles. The van der Waals surface area contributed by atoms with E-state index in [1.807, 2.05) is 20.8 Å². The second-order valence-electron chi connectivity index (χ2n) is 8.48. The average molecular weight is 486 g/mol. The first-order chi connectivity index (χ1) is 16.4. The van der Waals surface area contributed by atoms with Crippen LogP contribution in [-0.2, 0) is 27.9 Å². The summed E-state index contributed by atoms with van der Waals surface area (Å²) in [5.74, 6) is -0.428. The van der Waals surface area contributed by atoms with Gasteiger partial charge in [-0.3, -0.25) is 9.79 Å². The number of allylic oxidation sites excluding steroid dienone is 1. The van der Waals surface area contributed by atoms with E-state index in [9.17, 15) is 4.79 Å². The minimum atomic E-state index is -0.722. The highest BCUT2D eigenvalue weighted by molar-refractivity contribution is 8.15. The molecule has 9 heteroatoms. The maximum Gasteiger partial charge on any atom is 0.303 e. The highest BCUT2D eigenvalue weighted by Crippen LogP contribution is 2.30. The van der Waals surface area contributed by atoms with Crippen molar-refractivity contribution in [3.05, 3.63) is 12.3 Å². The van der Waals surface area contributed by atoms with Crippen molar-refractivity contribution < 1.29 is 27.9 Å². The molecular weight excluding hydrogens is 441 g/mol. The first-order valence-corrected chi connectivity index (χ1v) is 12.9. The fraction of sp³-hybridized carbons (Fsp3) is 0.833. The number of unbranched alkanes of at least 4 members (excludes halogenated alkanes) is 7. The molecule has 1 heterocycles. The summed E-state index contributed by atoms with van der Waals surface area (Å²) in [4.78, 5) is 16.7. The molecule has 1 aliphatic rings. The van der Waals surface area contributed by atoms with Crippen LogP contribution < -0.4 is 0 Å². The molecule has 189 valence electrons. The molecule has 0 unspecified atom stereocenters. The van der Waals surface area contributed by atoms with Gasteiger partial charge in [0.15, 0.2) is 6.10 Å². The van der Waals surface area contributed by atoms with E-state index in [1.54, 1.807) is 12.3 Å². The Bertz CT molecular complexity index is 608. The van der Waals surface area contributed by atoms with E-state index < -0.39 is 36.6 Å². The number of ether oxygens (including phenoxy) is 4. The third-order valence-corrected chi connectivity index (χ3v) is 5.55. The molecule has 1 aliphatic heterocycles. The van der Waals surface area contributed by atoms with Gasteiger partial charge < -0.3 is 23.1 Å². The Labute approximate surface area is 207 Å². The predicted octanol–water partition coefficient (Wildman–Crippen LogP) is 5.05. The zero-order valence-electron chi connectivity index (χ0n) is 22.0. The van der Waals surface area contributed by atoms with Crippen LogP contribution in [0, 0.1) is 0 Å². The molecule has 0 bridgehead atoms. The minimum absolute atomic E-state index is 0.104. The van der Waals surface area contributed by atoms with Crippen LogP contribution in [0.15, 0.2) is 17.3 Å². The highest BCUT2D eigenvalue weighted by Gasteiger charge is 2.49. The number of esters is 1. The number of aliphatic imine (C=N–C) groups is 1. The number of hydrogen-bond donors (Lipinski definition) is 0. The minimum Gasteiger partial charge on any atom is -0.470 e. The van der Waals surface area contributed by atoms with E-state index in [-0.39, 0.29) is 6.61 Å². The van der Waals surface area contributed by atoms with E-state index in [4.69, 9.17) is 29.5 Å². The van der Waals surface area contributed by atoms with Gasteiger partial charge in [-0.1, -0.05) is 69.8 Å². The lowest BCUT2D eigenvalue weighted by Gasteiger charge is -2.43. The van der Waals surface area contributed by atoms with Crippen LogP contribution in [0.3, 0.4) is 0 Å². The molecule has 0 saturated carbocycles. The number of carbonyl (C=O) groups excluding carboxylic acids is 1. The van der Waals surface area contributed by atoms with Crippen molar-refractivity contribution in [2.45, 2.75) is 117 Å². The third-order valence-electron chi connectivity index (χ3n) is 5.28. The number of nitrogens with zero attached hydrogens (tertiary/aromatic N) is 1. The Morgan fingerprint density at radius 3 is 2.42 bits per heavy atom. The molecule has 0 aromatic carbocycles. The molecule has 0 spiro atoms. The fourth-order valence-corrected chi connectivity index (χ4v) is 4.03. The van der Waals surface area contributed by atoms with Crippen LogP contribution in [0.1, 0.15) is 86.0 Å². The van der Waals surface area contributed by atoms with E-state index >= 15 is 0 Å². The van der Waals surface area contributed by atoms with Crippen molar-refractivity contribution in [2.24, 2.45) is 4.99 Å². The Morgan fingerprint density at radius 2 is 1.82 bits per heavy atom. The van der Waals surface area contributed by atoms with Gasteiger partial charge >= 0.3 is 5.97 Å². The zero-order chi connectivity index (χ0) is 25.2. The molecule has 0 N–H and O–H groups in total. The molecule has 1 fully saturated rings. The van der Waals surface area contributed by atoms with Crippen molar-refractivity contribution in [1.82, 2.24) is 0 Å². The second-order valence-corrected chi connectivity index (χ2v) is 8.91. The largest absolute Gasteiger partial charge is 0.470 e. The topological polar surface area (TPSA) is 75.6 Å². The van der Waals surface area contributed by atoms with Crippen LogP contribution in [0.4, 0.5) is 0 Å². The first kappa shape index (κ1) is 28.2. The summed E-state index contributed by atoms with van der Waals surface area (Å²) in [6, 6.07) is -0.508. The van der Waals surface area contributed by atoms with E-state index in [2.05, 4.69) is 6.92 Å². The molecule has 0 amide bonds. The van der Waals surface area contributed by atoms with Gasteiger partial charge in [0.25, 0.3) is 0 Å². The molecule has 33 heavy (non-hydrogen) atoms. The normalized spacial score (nSPS) is 25.5. The van der Waals surface area contributed by atoms with Crippen molar-refractivity contribution in [1.29, 1.82) is 1.34 Å². The van der Waals surface area contributed by atoms with Gasteiger partial charge in [-0.2, -0.15) is 0 Å². The summed E-state index contributed by atoms with van der Waals surface area (Å²) in [5.41, 5.74) is 0.846. The quantitative estimate of drug-likeness (QED) is 0.0670. The highest BCUT2D eigenvalue weighted by atomic mass is 32.2. The summed E-state index contributed by atoms with van der Waals surface area (Å²) in [5, 5.41) is 0. The maximum atomic E-state index is 11.9. The van der Waals surface area contributed by atoms with Gasteiger partial charge in [0.1, 0.15) is 18.2 Å². The Morgan fingerprint density at radius 1 is 1.12 bits per heavy atom. The second kappa shape index (κ2) is 18.3. The monoisotopic (exact) mass is 486 g/mol. The van der Waals surface area contributed by atoms with E-state index in [0.29, 0.717) is 6.61 Å². The summed E-state index contributed by atoms with van der Waals surface area (Å²) in [6.45, 7) is 9.89. The van der Waals surface area contributed by atoms with Crippen LogP contribution in [0.5, 0.6) is 0 Å². The summed E-state index contributed by atoms with van der Waals surface area (Å²) >= 11 is 0.886. The lowest BCUT2D eigenvalue weighted by Crippen LogP contribution is -2.60. The molecule has 7 nitrogen and oxygen atoms in total. The van der Waals surface area contributed by atoms with Gasteiger partial charge in [-0.05, 0) is 28.5 Å². The van der Waals surface area contributed by atoms with Crippen LogP contribution in [-0.4, -0.2) is 64.0 Å². The number of rotatable bonds is 18. The zero-order valence-corrected chi connectivity index (χ0v) is 21.8. The van der Waals surface area contributed by atoms with Gasteiger partial charge in [0, 0.05) is 19.2 Å². The number of hydrogen-bond acceptors (Lipinski definition) is 8. The Kier molecular flexibility index (Phi) is 15.7. The molecular formula is C24H43BNO6S. The van der Waals surface area contributed by atoms with Gasteiger partial charge in [-0.15, -0.1) is 0 Å². The van der Waals surface area contributed by atoms with Crippen molar-refractivity contribution >= 4 is 30.7 Å². The van der Waals surface area contributed by atoms with E-state index in [1.165, 1.54) is 45.4 Å². The lowest BCUT2D eigenvalue weighted by molar-refractivity contribution is -0.261. The summed E-state index contributed by atoms with van der Waals surface area (Å²) < 4.78 is 36.6. The summed E-state index contributed by atoms with van der Waals surface area (Å²) in [6.07, 6.45) is 10.3. The smallest absolute Gasteiger partial charge is 0.303 e. The van der Waals surface area contributed by atoms with Crippen molar-refractivity contribution in [3.8, 4) is 0 Å². The molecule has 1 saturated heterocycles. The van der Waals surface area contributed by atoms with Crippen molar-refractivity contribution in [2.75, 3.05) is 13.2 Å². The first-order valence-electron chi connectivity index (χ1n) is 12.7. The predicted molar refractivity (Wildman–Crippen MR) is 136 cm³/mol. The van der Waals surface area contributed by atoms with Crippen LogP contribution >= 0.6 is 11.9 Å². The van der Waals surface area contributed by atoms with E-state index in [0.717, 1.165) is 37.5 Å². The Hall–Kier alpha value is -1.03.